The van der Waals surface area contributed by atoms with Gasteiger partial charge in [-0.3, -0.25) is 4.79 Å². The fraction of sp³-hybridized carbons (Fsp3) is 0.167. The molecule has 28 heavy (non-hydrogen) atoms. The number of carbonyl (C=O) groups is 1. The number of aromatic nitrogens is 4. The molecule has 1 aromatic heterocycles. The van der Waals surface area contributed by atoms with Gasteiger partial charge in [-0.05, 0) is 24.3 Å². The van der Waals surface area contributed by atoms with Gasteiger partial charge in [0.2, 0.25) is 5.82 Å². The lowest BCUT2D eigenvalue weighted by Crippen LogP contribution is -2.25. The maximum atomic E-state index is 12.5. The lowest BCUT2D eigenvalue weighted by atomic mass is 10.1. The van der Waals surface area contributed by atoms with E-state index in [4.69, 9.17) is 0 Å². The number of carbonyl (C=O) groups excluding carboxylic acids is 1. The SMILES string of the molecule is C/C(=N\NC(=O)Cn1nnc(-c2ccccc2)n1)c1ccccc1OC(F)F. The second-order valence-corrected chi connectivity index (χ2v) is 5.62. The van der Waals surface area contributed by atoms with Crippen molar-refractivity contribution in [3.05, 3.63) is 60.2 Å². The molecule has 144 valence electrons. The molecule has 10 heteroatoms. The largest absolute Gasteiger partial charge is 0.434 e. The van der Waals surface area contributed by atoms with E-state index < -0.39 is 12.5 Å². The number of halogens is 2. The Morgan fingerprint density at radius 1 is 1.18 bits per heavy atom. The van der Waals surface area contributed by atoms with E-state index in [1.165, 1.54) is 6.07 Å². The molecule has 2 aromatic carbocycles. The van der Waals surface area contributed by atoms with Crippen LogP contribution in [0.4, 0.5) is 8.78 Å². The quantitative estimate of drug-likeness (QED) is 0.497. The Morgan fingerprint density at radius 2 is 1.89 bits per heavy atom. The first-order valence-electron chi connectivity index (χ1n) is 8.23. The number of hydrazone groups is 1. The Balaban J connectivity index is 1.63. The monoisotopic (exact) mass is 386 g/mol. The van der Waals surface area contributed by atoms with Crippen LogP contribution < -0.4 is 10.2 Å². The van der Waals surface area contributed by atoms with Crippen LogP contribution in [0.25, 0.3) is 11.4 Å². The number of alkyl halides is 2. The van der Waals surface area contributed by atoms with Crippen molar-refractivity contribution < 1.29 is 18.3 Å². The molecule has 3 rings (SSSR count). The first-order chi connectivity index (χ1) is 13.5. The normalized spacial score (nSPS) is 11.5. The molecule has 3 aromatic rings. The summed E-state index contributed by atoms with van der Waals surface area (Å²) in [6.07, 6.45) is 0. The predicted octanol–water partition coefficient (Wildman–Crippen LogP) is 2.48. The number of hydrogen-bond donors (Lipinski definition) is 1. The number of nitrogens with zero attached hydrogens (tertiary/aromatic N) is 5. The van der Waals surface area contributed by atoms with Gasteiger partial charge in [0.1, 0.15) is 12.3 Å². The standard InChI is InChI=1S/C18H16F2N6O2/c1-12(14-9-5-6-10-15(14)28-18(19)20)21-22-16(27)11-26-24-17(23-25-26)13-7-3-2-4-8-13/h2-10,18H,11H2,1H3,(H,22,27)/b21-12+. The number of rotatable bonds is 7. The van der Waals surface area contributed by atoms with E-state index >= 15 is 0 Å². The van der Waals surface area contributed by atoms with Gasteiger partial charge >= 0.3 is 6.61 Å². The highest BCUT2D eigenvalue weighted by molar-refractivity contribution is 6.01. The van der Waals surface area contributed by atoms with E-state index in [0.29, 0.717) is 17.1 Å². The van der Waals surface area contributed by atoms with Gasteiger partial charge in [-0.1, -0.05) is 42.5 Å². The van der Waals surface area contributed by atoms with Crippen LogP contribution in [0.2, 0.25) is 0 Å². The summed E-state index contributed by atoms with van der Waals surface area (Å²) in [4.78, 5) is 13.2. The molecule has 1 heterocycles. The number of tetrazole rings is 1. The number of hydrogen-bond acceptors (Lipinski definition) is 6. The van der Waals surface area contributed by atoms with E-state index in [9.17, 15) is 13.6 Å². The van der Waals surface area contributed by atoms with E-state index in [2.05, 4.69) is 30.7 Å². The van der Waals surface area contributed by atoms with Gasteiger partial charge in [-0.2, -0.15) is 18.7 Å². The summed E-state index contributed by atoms with van der Waals surface area (Å²) < 4.78 is 29.4. The average molecular weight is 386 g/mol. The lowest BCUT2D eigenvalue weighted by molar-refractivity contribution is -0.122. The zero-order valence-electron chi connectivity index (χ0n) is 14.8. The van der Waals surface area contributed by atoms with Crippen LogP contribution in [0.15, 0.2) is 59.7 Å². The molecule has 0 aliphatic heterocycles. The Hall–Kier alpha value is -3.69. The molecule has 1 amide bonds. The molecular formula is C18H16F2N6O2. The van der Waals surface area contributed by atoms with Gasteiger partial charge in [0.15, 0.2) is 0 Å². The Labute approximate surface area is 158 Å². The molecule has 0 aliphatic carbocycles. The van der Waals surface area contributed by atoms with Gasteiger partial charge in [0.05, 0.1) is 5.71 Å². The maximum absolute atomic E-state index is 12.5. The molecule has 1 N–H and O–H groups in total. The molecule has 0 spiro atoms. The van der Waals surface area contributed by atoms with Crippen LogP contribution >= 0.6 is 0 Å². The van der Waals surface area contributed by atoms with Crippen molar-refractivity contribution in [3.63, 3.8) is 0 Å². The van der Waals surface area contributed by atoms with Crippen molar-refractivity contribution >= 4 is 11.6 Å². The molecule has 0 unspecified atom stereocenters. The summed E-state index contributed by atoms with van der Waals surface area (Å²) in [5.74, 6) is -0.131. The van der Waals surface area contributed by atoms with Crippen molar-refractivity contribution in [2.24, 2.45) is 5.10 Å². The highest BCUT2D eigenvalue weighted by atomic mass is 19.3. The van der Waals surface area contributed by atoms with E-state index in [1.807, 2.05) is 30.3 Å². The van der Waals surface area contributed by atoms with Crippen LogP contribution in [-0.2, 0) is 11.3 Å². The minimum absolute atomic E-state index is 0.0292. The number of amides is 1. The van der Waals surface area contributed by atoms with E-state index in [-0.39, 0.29) is 12.3 Å². The van der Waals surface area contributed by atoms with Crippen molar-refractivity contribution in [2.45, 2.75) is 20.1 Å². The highest BCUT2D eigenvalue weighted by Gasteiger charge is 2.12. The zero-order valence-corrected chi connectivity index (χ0v) is 14.8. The Kier molecular flexibility index (Phi) is 6.00. The van der Waals surface area contributed by atoms with Crippen molar-refractivity contribution in [3.8, 4) is 17.1 Å². The third-order valence-electron chi connectivity index (χ3n) is 3.61. The Morgan fingerprint density at radius 3 is 2.64 bits per heavy atom. The third-order valence-corrected chi connectivity index (χ3v) is 3.61. The van der Waals surface area contributed by atoms with Gasteiger partial charge in [-0.15, -0.1) is 10.2 Å². The first kappa shape index (κ1) is 19.1. The van der Waals surface area contributed by atoms with Gasteiger partial charge in [0, 0.05) is 11.1 Å². The van der Waals surface area contributed by atoms with Crippen LogP contribution in [0.5, 0.6) is 5.75 Å². The summed E-state index contributed by atoms with van der Waals surface area (Å²) >= 11 is 0. The molecule has 0 saturated carbocycles. The summed E-state index contributed by atoms with van der Waals surface area (Å²) in [5, 5.41) is 15.8. The molecular weight excluding hydrogens is 370 g/mol. The molecule has 0 fully saturated rings. The summed E-state index contributed by atoms with van der Waals surface area (Å²) in [6, 6.07) is 15.4. The second kappa shape index (κ2) is 8.80. The van der Waals surface area contributed by atoms with Crippen molar-refractivity contribution in [2.75, 3.05) is 0 Å². The van der Waals surface area contributed by atoms with Crippen LogP contribution in [0, 0.1) is 0 Å². The second-order valence-electron chi connectivity index (χ2n) is 5.62. The van der Waals surface area contributed by atoms with Gasteiger partial charge in [-0.25, -0.2) is 5.43 Å². The summed E-state index contributed by atoms with van der Waals surface area (Å²) in [5.41, 5.74) is 3.76. The summed E-state index contributed by atoms with van der Waals surface area (Å²) in [7, 11) is 0. The van der Waals surface area contributed by atoms with Gasteiger partial charge < -0.3 is 4.74 Å². The van der Waals surface area contributed by atoms with Crippen molar-refractivity contribution in [1.29, 1.82) is 0 Å². The maximum Gasteiger partial charge on any atom is 0.387 e. The first-order valence-corrected chi connectivity index (χ1v) is 8.23. The lowest BCUT2D eigenvalue weighted by Gasteiger charge is -2.10. The molecule has 0 bridgehead atoms. The van der Waals surface area contributed by atoms with E-state index in [1.54, 1.807) is 25.1 Å². The molecule has 0 radical (unpaired) electrons. The number of ether oxygens (including phenoxy) is 1. The fourth-order valence-corrected chi connectivity index (χ4v) is 2.35. The molecule has 8 nitrogen and oxygen atoms in total. The zero-order chi connectivity index (χ0) is 19.9. The minimum Gasteiger partial charge on any atom is -0.434 e. The molecule has 0 atom stereocenters. The predicted molar refractivity (Wildman–Crippen MR) is 96.7 cm³/mol. The average Bonchev–Trinajstić information content (AvgIpc) is 3.15. The fourth-order valence-electron chi connectivity index (χ4n) is 2.35. The van der Waals surface area contributed by atoms with Gasteiger partial charge in [0.25, 0.3) is 5.91 Å². The Bertz CT molecular complexity index is 975. The topological polar surface area (TPSA) is 94.3 Å². The number of para-hydroxylation sites is 1. The van der Waals surface area contributed by atoms with Crippen LogP contribution in [-0.4, -0.2) is 38.4 Å². The highest BCUT2D eigenvalue weighted by Crippen LogP contribution is 2.20. The van der Waals surface area contributed by atoms with E-state index in [0.717, 1.165) is 10.4 Å². The van der Waals surface area contributed by atoms with Crippen LogP contribution in [0.1, 0.15) is 12.5 Å². The molecule has 0 saturated heterocycles. The molecule has 0 aliphatic rings. The third kappa shape index (κ3) is 4.93. The minimum atomic E-state index is -2.96. The number of benzene rings is 2. The summed E-state index contributed by atoms with van der Waals surface area (Å²) in [6.45, 7) is -1.60. The number of nitrogens with one attached hydrogen (secondary N) is 1. The smallest absolute Gasteiger partial charge is 0.387 e. The van der Waals surface area contributed by atoms with Crippen LogP contribution in [0.3, 0.4) is 0 Å². The van der Waals surface area contributed by atoms with Crippen molar-refractivity contribution in [1.82, 2.24) is 25.6 Å².